The van der Waals surface area contributed by atoms with E-state index >= 15 is 0 Å². The minimum absolute atomic E-state index is 0.294. The van der Waals surface area contributed by atoms with E-state index in [1.807, 2.05) is 0 Å². The zero-order valence-electron chi connectivity index (χ0n) is 4.16. The van der Waals surface area contributed by atoms with Crippen LogP contribution in [0.4, 0.5) is 0 Å². The van der Waals surface area contributed by atoms with E-state index < -0.39 is 0 Å². The average Bonchev–Trinajstić information content (AvgIpc) is 2.14. The third-order valence-electron chi connectivity index (χ3n) is 0.618. The highest BCUT2D eigenvalue weighted by Gasteiger charge is 1.91. The van der Waals surface area contributed by atoms with Crippen molar-refractivity contribution >= 4 is 11.9 Å². The van der Waals surface area contributed by atoms with E-state index in [0.29, 0.717) is 0 Å². The molecule has 0 aliphatic carbocycles. The fraction of sp³-hybridized carbons (Fsp3) is 0.500. The summed E-state index contributed by atoms with van der Waals surface area (Å²) in [5.41, 5.74) is -0.294. The Hall–Kier alpha value is -0.780. The molecular formula is C2H4N4OS. The van der Waals surface area contributed by atoms with E-state index in [-0.39, 0.29) is 5.69 Å². The maximum Gasteiger partial charge on any atom is 0.371 e. The first-order valence-corrected chi connectivity index (χ1v) is 3.07. The largest absolute Gasteiger partial charge is 0.371 e. The Morgan fingerprint density at radius 2 is 2.62 bits per heavy atom. The van der Waals surface area contributed by atoms with Crippen molar-refractivity contribution in [2.45, 2.75) is 0 Å². The number of aromatic nitrogens is 4. The van der Waals surface area contributed by atoms with Crippen LogP contribution in [-0.2, 0) is 0 Å². The molecule has 1 rings (SSSR count). The minimum Gasteiger partial charge on any atom is -0.243 e. The molecule has 0 aromatic carbocycles. The second-order valence-corrected chi connectivity index (χ2v) is 1.77. The van der Waals surface area contributed by atoms with E-state index in [1.165, 1.54) is 11.9 Å². The molecule has 5 nitrogen and oxygen atoms in total. The minimum atomic E-state index is -0.294. The molecule has 1 aromatic rings. The Kier molecular flexibility index (Phi) is 1.34. The van der Waals surface area contributed by atoms with Crippen LogP contribution >= 0.6 is 11.9 Å². The Morgan fingerprint density at radius 3 is 2.88 bits per heavy atom. The van der Waals surface area contributed by atoms with Gasteiger partial charge in [0, 0.05) is 6.26 Å². The van der Waals surface area contributed by atoms with Gasteiger partial charge in [-0.25, -0.2) is 9.89 Å². The highest BCUT2D eigenvalue weighted by Crippen LogP contribution is 1.85. The Bertz CT molecular complexity index is 214. The van der Waals surface area contributed by atoms with Crippen LogP contribution in [0, 0.1) is 0 Å². The third-order valence-corrected chi connectivity index (χ3v) is 1.20. The van der Waals surface area contributed by atoms with Gasteiger partial charge in [0.1, 0.15) is 0 Å². The molecule has 0 fully saturated rings. The molecule has 1 heterocycles. The second kappa shape index (κ2) is 1.99. The summed E-state index contributed by atoms with van der Waals surface area (Å²) in [5, 5.41) is 8.79. The predicted octanol–water partition coefficient (Wildman–Crippen LogP) is -0.908. The molecule has 0 unspecified atom stereocenters. The van der Waals surface area contributed by atoms with Gasteiger partial charge in [-0.1, -0.05) is 0 Å². The lowest BCUT2D eigenvalue weighted by atomic mass is 11.4. The molecule has 8 heavy (non-hydrogen) atoms. The summed E-state index contributed by atoms with van der Waals surface area (Å²) >= 11 is 1.20. The van der Waals surface area contributed by atoms with Gasteiger partial charge < -0.3 is 0 Å². The SMILES string of the molecule is CSn1nn[nH]c1=O. The summed E-state index contributed by atoms with van der Waals surface area (Å²) in [5.74, 6) is 0. The number of hydrogen-bond donors (Lipinski definition) is 1. The average molecular weight is 132 g/mol. The first-order valence-electron chi connectivity index (χ1n) is 1.89. The normalized spacial score (nSPS) is 9.62. The molecule has 0 saturated carbocycles. The van der Waals surface area contributed by atoms with E-state index in [0.717, 1.165) is 4.09 Å². The van der Waals surface area contributed by atoms with Crippen molar-refractivity contribution < 1.29 is 0 Å². The van der Waals surface area contributed by atoms with Crippen LogP contribution in [0.2, 0.25) is 0 Å². The van der Waals surface area contributed by atoms with Crippen LogP contribution in [0.5, 0.6) is 0 Å². The van der Waals surface area contributed by atoms with Gasteiger partial charge in [0.15, 0.2) is 0 Å². The van der Waals surface area contributed by atoms with Gasteiger partial charge in [-0.05, 0) is 22.4 Å². The Morgan fingerprint density at radius 1 is 1.88 bits per heavy atom. The number of nitrogens with zero attached hydrogens (tertiary/aromatic N) is 3. The topological polar surface area (TPSA) is 63.6 Å². The molecule has 0 radical (unpaired) electrons. The van der Waals surface area contributed by atoms with Crippen LogP contribution in [0.15, 0.2) is 4.79 Å². The van der Waals surface area contributed by atoms with Gasteiger partial charge in [-0.15, -0.1) is 4.09 Å². The standard InChI is InChI=1S/C2H4N4OS/c1-8-6-2(7)3-4-5-6/h1H3,(H,3,5,7). The summed E-state index contributed by atoms with van der Waals surface area (Å²) in [6, 6.07) is 0. The summed E-state index contributed by atoms with van der Waals surface area (Å²) < 4.78 is 1.15. The number of aromatic amines is 1. The van der Waals surface area contributed by atoms with Crippen LogP contribution in [0.25, 0.3) is 0 Å². The zero-order valence-corrected chi connectivity index (χ0v) is 4.97. The lowest BCUT2D eigenvalue weighted by Crippen LogP contribution is -2.11. The molecule has 0 saturated heterocycles. The zero-order chi connectivity index (χ0) is 5.98. The summed E-state index contributed by atoms with van der Waals surface area (Å²) in [7, 11) is 0. The fourth-order valence-electron chi connectivity index (χ4n) is 0.309. The highest BCUT2D eigenvalue weighted by atomic mass is 32.2. The number of hydrogen-bond acceptors (Lipinski definition) is 4. The molecule has 6 heteroatoms. The van der Waals surface area contributed by atoms with Gasteiger partial charge in [0.25, 0.3) is 0 Å². The van der Waals surface area contributed by atoms with Gasteiger partial charge in [-0.2, -0.15) is 0 Å². The number of nitrogens with one attached hydrogen (secondary N) is 1. The van der Waals surface area contributed by atoms with Crippen molar-refractivity contribution in [3.8, 4) is 0 Å². The van der Waals surface area contributed by atoms with Crippen LogP contribution in [0.1, 0.15) is 0 Å². The Balaban J connectivity index is 3.11. The molecule has 44 valence electrons. The maximum atomic E-state index is 10.4. The van der Waals surface area contributed by atoms with Crippen LogP contribution in [-0.4, -0.2) is 25.9 Å². The van der Waals surface area contributed by atoms with Gasteiger partial charge >= 0.3 is 5.69 Å². The lowest BCUT2D eigenvalue weighted by molar-refractivity contribution is 0.853. The maximum absolute atomic E-state index is 10.4. The number of H-pyrrole nitrogens is 1. The van der Waals surface area contributed by atoms with E-state index in [2.05, 4.69) is 15.5 Å². The van der Waals surface area contributed by atoms with Gasteiger partial charge in [-0.3, -0.25) is 0 Å². The summed E-state index contributed by atoms with van der Waals surface area (Å²) in [6.07, 6.45) is 1.74. The molecule has 1 N–H and O–H groups in total. The van der Waals surface area contributed by atoms with Crippen molar-refractivity contribution in [2.75, 3.05) is 6.26 Å². The van der Waals surface area contributed by atoms with Crippen molar-refractivity contribution in [3.05, 3.63) is 10.5 Å². The molecule has 0 aliphatic heterocycles. The summed E-state index contributed by atoms with van der Waals surface area (Å²) in [6.45, 7) is 0. The monoisotopic (exact) mass is 132 g/mol. The van der Waals surface area contributed by atoms with Gasteiger partial charge in [0.05, 0.1) is 0 Å². The number of tetrazole rings is 1. The molecule has 0 atom stereocenters. The molecule has 0 spiro atoms. The third kappa shape index (κ3) is 0.738. The van der Waals surface area contributed by atoms with Crippen LogP contribution in [0.3, 0.4) is 0 Å². The van der Waals surface area contributed by atoms with Crippen molar-refractivity contribution in [3.63, 3.8) is 0 Å². The van der Waals surface area contributed by atoms with Gasteiger partial charge in [0.2, 0.25) is 0 Å². The van der Waals surface area contributed by atoms with E-state index in [1.54, 1.807) is 6.26 Å². The summed E-state index contributed by atoms with van der Waals surface area (Å²) in [4.78, 5) is 10.4. The molecular weight excluding hydrogens is 128 g/mol. The first kappa shape index (κ1) is 5.36. The fourth-order valence-corrected chi connectivity index (χ4v) is 0.625. The smallest absolute Gasteiger partial charge is 0.243 e. The molecule has 1 aromatic heterocycles. The number of rotatable bonds is 1. The molecule has 0 amide bonds. The molecule has 0 aliphatic rings. The quantitative estimate of drug-likeness (QED) is 0.537. The second-order valence-electron chi connectivity index (χ2n) is 1.06. The lowest BCUT2D eigenvalue weighted by Gasteiger charge is -1.80. The molecule has 0 bridgehead atoms. The van der Waals surface area contributed by atoms with Crippen LogP contribution < -0.4 is 5.69 Å². The Labute approximate surface area is 49.2 Å². The van der Waals surface area contributed by atoms with Crippen molar-refractivity contribution in [2.24, 2.45) is 0 Å². The van der Waals surface area contributed by atoms with Crippen molar-refractivity contribution in [1.82, 2.24) is 19.6 Å². The van der Waals surface area contributed by atoms with E-state index in [4.69, 9.17) is 0 Å². The highest BCUT2D eigenvalue weighted by molar-refractivity contribution is 7.96. The first-order chi connectivity index (χ1) is 3.84. The van der Waals surface area contributed by atoms with E-state index in [9.17, 15) is 4.79 Å². The van der Waals surface area contributed by atoms with Crippen molar-refractivity contribution in [1.29, 1.82) is 0 Å². The predicted molar refractivity (Wildman–Crippen MR) is 29.6 cm³/mol.